The lowest BCUT2D eigenvalue weighted by Crippen LogP contribution is -2.61. The smallest absolute Gasteiger partial charge is 0.321 e. The maximum absolute atomic E-state index is 12.6. The van der Waals surface area contributed by atoms with Crippen LogP contribution in [0, 0.1) is 17.8 Å². The number of hydrogen-bond acceptors (Lipinski definition) is 5. The molecule has 170 valence electrons. The first kappa shape index (κ1) is 21.5. The van der Waals surface area contributed by atoms with Gasteiger partial charge in [-0.2, -0.15) is 0 Å². The molecule has 0 aliphatic heterocycles. The van der Waals surface area contributed by atoms with Crippen molar-refractivity contribution in [3.63, 3.8) is 0 Å². The number of nitrogens with one attached hydrogen (secondary N) is 2. The van der Waals surface area contributed by atoms with E-state index in [9.17, 15) is 9.59 Å². The normalized spacial score (nSPS) is 28.0. The molecule has 0 unspecified atom stereocenters. The summed E-state index contributed by atoms with van der Waals surface area (Å²) in [6.45, 7) is 2.77. The summed E-state index contributed by atoms with van der Waals surface area (Å²) < 4.78 is 2.03. The second-order valence-corrected chi connectivity index (χ2v) is 10.7. The Morgan fingerprint density at radius 2 is 1.72 bits per heavy atom. The molecule has 2 N–H and O–H groups in total. The van der Waals surface area contributed by atoms with Crippen molar-refractivity contribution in [3.05, 3.63) is 41.7 Å². The standard InChI is InChI=1S/C24H31N5O2S/c1-2-29-20(11-16-6-4-3-5-7-16)27-28-23(29)32-15-21(30)25-22(31)26-24-12-17-8-18(13-24)10-19(9-17)14-24/h3-7,17-19H,2,8-15H2,1H3,(H2,25,26,30,31). The van der Waals surface area contributed by atoms with Gasteiger partial charge in [0, 0.05) is 18.5 Å². The molecule has 0 atom stereocenters. The highest BCUT2D eigenvalue weighted by molar-refractivity contribution is 7.99. The topological polar surface area (TPSA) is 88.9 Å². The van der Waals surface area contributed by atoms with Crippen LogP contribution in [0.25, 0.3) is 0 Å². The molecule has 7 nitrogen and oxygen atoms in total. The Morgan fingerprint density at radius 3 is 2.34 bits per heavy atom. The number of benzene rings is 1. The minimum Gasteiger partial charge on any atom is -0.332 e. The molecule has 32 heavy (non-hydrogen) atoms. The molecule has 1 heterocycles. The molecule has 0 radical (unpaired) electrons. The number of carbonyl (C=O) groups is 2. The molecule has 6 rings (SSSR count). The van der Waals surface area contributed by atoms with Crippen LogP contribution in [0.15, 0.2) is 35.5 Å². The first-order valence-corrected chi connectivity index (χ1v) is 12.7. The van der Waals surface area contributed by atoms with Crippen LogP contribution in [-0.2, 0) is 17.8 Å². The molecule has 0 spiro atoms. The van der Waals surface area contributed by atoms with E-state index in [-0.39, 0.29) is 23.2 Å². The van der Waals surface area contributed by atoms with Crippen molar-refractivity contribution in [1.82, 2.24) is 25.4 Å². The van der Waals surface area contributed by atoms with E-state index < -0.39 is 0 Å². The summed E-state index contributed by atoms with van der Waals surface area (Å²) in [6.07, 6.45) is 7.87. The van der Waals surface area contributed by atoms with Crippen molar-refractivity contribution in [3.8, 4) is 0 Å². The summed E-state index contributed by atoms with van der Waals surface area (Å²) in [6, 6.07) is 9.80. The summed E-state index contributed by atoms with van der Waals surface area (Å²) in [5, 5.41) is 15.0. The Labute approximate surface area is 193 Å². The first-order chi connectivity index (χ1) is 15.5. The van der Waals surface area contributed by atoms with Gasteiger partial charge in [0.2, 0.25) is 5.91 Å². The number of hydrogen-bond donors (Lipinski definition) is 2. The van der Waals surface area contributed by atoms with Gasteiger partial charge in [-0.05, 0) is 68.8 Å². The van der Waals surface area contributed by atoms with E-state index in [1.54, 1.807) is 0 Å². The average Bonchev–Trinajstić information content (AvgIpc) is 3.12. The Morgan fingerprint density at radius 1 is 1.06 bits per heavy atom. The van der Waals surface area contributed by atoms with E-state index >= 15 is 0 Å². The van der Waals surface area contributed by atoms with Gasteiger partial charge in [-0.25, -0.2) is 4.79 Å². The lowest BCUT2D eigenvalue weighted by molar-refractivity contribution is -0.117. The molecule has 0 saturated heterocycles. The Kier molecular flexibility index (Phi) is 5.97. The average molecular weight is 454 g/mol. The third kappa shape index (κ3) is 4.56. The van der Waals surface area contributed by atoms with Gasteiger partial charge in [0.05, 0.1) is 5.75 Å². The van der Waals surface area contributed by atoms with Gasteiger partial charge in [-0.1, -0.05) is 42.1 Å². The fourth-order valence-electron chi connectivity index (χ4n) is 6.48. The van der Waals surface area contributed by atoms with E-state index in [4.69, 9.17) is 0 Å². The molecular weight excluding hydrogens is 422 g/mol. The Hall–Kier alpha value is -2.35. The molecule has 4 bridgehead atoms. The van der Waals surface area contributed by atoms with Crippen LogP contribution < -0.4 is 10.6 Å². The minimum atomic E-state index is -0.348. The molecule has 2 aromatic rings. The number of carbonyl (C=O) groups excluding carboxylic acids is 2. The number of urea groups is 1. The van der Waals surface area contributed by atoms with E-state index in [2.05, 4.69) is 33.0 Å². The number of amides is 3. The molecular formula is C24H31N5O2S. The lowest BCUT2D eigenvalue weighted by Gasteiger charge is -2.56. The highest BCUT2D eigenvalue weighted by Crippen LogP contribution is 2.55. The van der Waals surface area contributed by atoms with E-state index in [0.717, 1.165) is 49.4 Å². The second kappa shape index (κ2) is 8.89. The predicted octanol–water partition coefficient (Wildman–Crippen LogP) is 3.78. The van der Waals surface area contributed by atoms with Crippen LogP contribution in [0.2, 0.25) is 0 Å². The molecule has 4 aliphatic rings. The van der Waals surface area contributed by atoms with Crippen molar-refractivity contribution in [1.29, 1.82) is 0 Å². The first-order valence-electron chi connectivity index (χ1n) is 11.7. The monoisotopic (exact) mass is 453 g/mol. The summed E-state index contributed by atoms with van der Waals surface area (Å²) in [7, 11) is 0. The largest absolute Gasteiger partial charge is 0.332 e. The Bertz CT molecular complexity index is 954. The van der Waals surface area contributed by atoms with Gasteiger partial charge in [0.1, 0.15) is 5.82 Å². The molecule has 4 aliphatic carbocycles. The van der Waals surface area contributed by atoms with Gasteiger partial charge in [-0.3, -0.25) is 10.1 Å². The molecule has 1 aromatic carbocycles. The summed E-state index contributed by atoms with van der Waals surface area (Å²) in [5.41, 5.74) is 1.08. The molecule has 4 saturated carbocycles. The van der Waals surface area contributed by atoms with E-state index in [0.29, 0.717) is 11.6 Å². The van der Waals surface area contributed by atoms with Gasteiger partial charge in [-0.15, -0.1) is 10.2 Å². The Balaban J connectivity index is 1.14. The maximum Gasteiger partial charge on any atom is 0.321 e. The van der Waals surface area contributed by atoms with Gasteiger partial charge in [0.15, 0.2) is 5.16 Å². The predicted molar refractivity (Wildman–Crippen MR) is 123 cm³/mol. The van der Waals surface area contributed by atoms with Gasteiger partial charge >= 0.3 is 6.03 Å². The highest BCUT2D eigenvalue weighted by Gasteiger charge is 2.51. The number of thioether (sulfide) groups is 1. The third-order valence-corrected chi connectivity index (χ3v) is 8.28. The van der Waals surface area contributed by atoms with Crippen molar-refractivity contribution < 1.29 is 9.59 Å². The van der Waals surface area contributed by atoms with Crippen molar-refractivity contribution >= 4 is 23.7 Å². The zero-order valence-corrected chi connectivity index (χ0v) is 19.4. The summed E-state index contributed by atoms with van der Waals surface area (Å²) >= 11 is 1.32. The van der Waals surface area contributed by atoms with E-state index in [1.165, 1.54) is 36.6 Å². The molecule has 1 aromatic heterocycles. The third-order valence-electron chi connectivity index (χ3n) is 7.32. The number of nitrogens with zero attached hydrogens (tertiary/aromatic N) is 3. The number of aromatic nitrogens is 3. The fourth-order valence-corrected chi connectivity index (χ4v) is 7.30. The highest BCUT2D eigenvalue weighted by atomic mass is 32.2. The van der Waals surface area contributed by atoms with Crippen molar-refractivity contribution in [2.24, 2.45) is 17.8 Å². The van der Waals surface area contributed by atoms with Crippen LogP contribution in [-0.4, -0.2) is 38.0 Å². The lowest BCUT2D eigenvalue weighted by atomic mass is 9.53. The quantitative estimate of drug-likeness (QED) is 0.623. The number of imide groups is 1. The molecule has 8 heteroatoms. The van der Waals surface area contributed by atoms with Crippen molar-refractivity contribution in [2.75, 3.05) is 5.75 Å². The summed E-state index contributed by atoms with van der Waals surface area (Å²) in [4.78, 5) is 25.1. The molecule has 3 amide bonds. The number of rotatable bonds is 7. The van der Waals surface area contributed by atoms with Crippen LogP contribution in [0.1, 0.15) is 56.8 Å². The van der Waals surface area contributed by atoms with Crippen LogP contribution in [0.3, 0.4) is 0 Å². The minimum absolute atomic E-state index is 0.0962. The maximum atomic E-state index is 12.6. The zero-order chi connectivity index (χ0) is 22.1. The van der Waals surface area contributed by atoms with Crippen molar-refractivity contribution in [2.45, 2.75) is 69.1 Å². The van der Waals surface area contributed by atoms with Gasteiger partial charge in [0.25, 0.3) is 0 Å². The van der Waals surface area contributed by atoms with E-state index in [1.807, 2.05) is 29.7 Å². The zero-order valence-electron chi connectivity index (χ0n) is 18.5. The van der Waals surface area contributed by atoms with Gasteiger partial charge < -0.3 is 9.88 Å². The fraction of sp³-hybridized carbons (Fsp3) is 0.583. The second-order valence-electron chi connectivity index (χ2n) is 9.79. The summed E-state index contributed by atoms with van der Waals surface area (Å²) in [5.74, 6) is 2.96. The molecule has 4 fully saturated rings. The van der Waals surface area contributed by atoms with Crippen LogP contribution in [0.4, 0.5) is 4.79 Å². The van der Waals surface area contributed by atoms with Crippen LogP contribution in [0.5, 0.6) is 0 Å². The SMILES string of the molecule is CCn1c(Cc2ccccc2)nnc1SCC(=O)NC(=O)NC12CC3CC(CC(C3)C1)C2. The van der Waals surface area contributed by atoms with Crippen LogP contribution >= 0.6 is 11.8 Å².